The van der Waals surface area contributed by atoms with E-state index in [1.807, 2.05) is 17.2 Å². The second-order valence-electron chi connectivity index (χ2n) is 5.58. The molecule has 1 saturated heterocycles. The fraction of sp³-hybridized carbons (Fsp3) is 0.500. The molecule has 0 radical (unpaired) electrons. The van der Waals surface area contributed by atoms with Crippen molar-refractivity contribution in [1.82, 2.24) is 20.2 Å². The Morgan fingerprint density at radius 1 is 1.33 bits per heavy atom. The second kappa shape index (κ2) is 6.72. The molecule has 1 aliphatic rings. The molecular formula is C16H22N4O. The number of carbonyl (C=O) groups excluding carboxylic acids is 1. The number of H-pyrrole nitrogens is 1. The van der Waals surface area contributed by atoms with Crippen molar-refractivity contribution >= 4 is 16.9 Å². The molecule has 5 nitrogen and oxygen atoms in total. The lowest BCUT2D eigenvalue weighted by molar-refractivity contribution is -0.131. The number of aromatic amines is 1. The number of carbonyl (C=O) groups is 1. The standard InChI is InChI=1S/C16H22N4O/c21-15(20-9-2-1-3-10-20)6-8-17-11-13-12-19-16-14(13)5-4-7-18-16/h4-5,7,12,17H,1-3,6,8-11H2,(H,18,19). The number of nitrogens with zero attached hydrogens (tertiary/aromatic N) is 2. The molecule has 1 amide bonds. The SMILES string of the molecule is O=C(CCNCc1c[nH]c2ncccc12)N1CCCCC1. The molecule has 2 N–H and O–H groups in total. The van der Waals surface area contributed by atoms with Crippen LogP contribution in [0.25, 0.3) is 11.0 Å². The molecular weight excluding hydrogens is 264 g/mol. The molecule has 5 heteroatoms. The quantitative estimate of drug-likeness (QED) is 0.827. The van der Waals surface area contributed by atoms with Gasteiger partial charge < -0.3 is 15.2 Å². The highest BCUT2D eigenvalue weighted by Crippen LogP contribution is 2.15. The van der Waals surface area contributed by atoms with Crippen molar-refractivity contribution in [1.29, 1.82) is 0 Å². The number of rotatable bonds is 5. The molecule has 0 aliphatic carbocycles. The third-order valence-electron chi connectivity index (χ3n) is 4.08. The molecule has 0 spiro atoms. The molecule has 1 fully saturated rings. The Kier molecular flexibility index (Phi) is 4.50. The fourth-order valence-corrected chi connectivity index (χ4v) is 2.88. The molecule has 2 aromatic rings. The summed E-state index contributed by atoms with van der Waals surface area (Å²) in [6.07, 6.45) is 7.92. The summed E-state index contributed by atoms with van der Waals surface area (Å²) in [5.74, 6) is 0.280. The minimum Gasteiger partial charge on any atom is -0.346 e. The van der Waals surface area contributed by atoms with E-state index in [0.717, 1.165) is 50.1 Å². The molecule has 3 heterocycles. The van der Waals surface area contributed by atoms with Crippen molar-refractivity contribution in [2.75, 3.05) is 19.6 Å². The Hall–Kier alpha value is -1.88. The third-order valence-corrected chi connectivity index (χ3v) is 4.08. The highest BCUT2D eigenvalue weighted by atomic mass is 16.2. The zero-order valence-electron chi connectivity index (χ0n) is 12.3. The summed E-state index contributed by atoms with van der Waals surface area (Å²) >= 11 is 0. The average molecular weight is 286 g/mol. The van der Waals surface area contributed by atoms with Crippen molar-refractivity contribution in [3.05, 3.63) is 30.1 Å². The summed E-state index contributed by atoms with van der Waals surface area (Å²) in [5.41, 5.74) is 2.11. The monoisotopic (exact) mass is 286 g/mol. The second-order valence-corrected chi connectivity index (χ2v) is 5.58. The molecule has 0 atom stereocenters. The topological polar surface area (TPSA) is 61.0 Å². The van der Waals surface area contributed by atoms with Gasteiger partial charge in [0.1, 0.15) is 5.65 Å². The first-order chi connectivity index (χ1) is 10.3. The summed E-state index contributed by atoms with van der Waals surface area (Å²) in [7, 11) is 0. The Labute approximate surface area is 124 Å². The van der Waals surface area contributed by atoms with Gasteiger partial charge in [-0.15, -0.1) is 0 Å². The number of fused-ring (bicyclic) bond motifs is 1. The van der Waals surface area contributed by atoms with Crippen molar-refractivity contribution in [3.63, 3.8) is 0 Å². The summed E-state index contributed by atoms with van der Waals surface area (Å²) < 4.78 is 0. The van der Waals surface area contributed by atoms with Crippen LogP contribution in [-0.2, 0) is 11.3 Å². The number of likely N-dealkylation sites (tertiary alicyclic amines) is 1. The number of piperidine rings is 1. The van der Waals surface area contributed by atoms with Gasteiger partial charge in [0.2, 0.25) is 5.91 Å². The van der Waals surface area contributed by atoms with Gasteiger partial charge in [0.15, 0.2) is 0 Å². The van der Waals surface area contributed by atoms with E-state index in [9.17, 15) is 4.79 Å². The number of nitrogens with one attached hydrogen (secondary N) is 2. The Morgan fingerprint density at radius 3 is 3.05 bits per heavy atom. The van der Waals surface area contributed by atoms with Crippen molar-refractivity contribution in [3.8, 4) is 0 Å². The smallest absolute Gasteiger partial charge is 0.223 e. The summed E-state index contributed by atoms with van der Waals surface area (Å²) in [5, 5.41) is 4.50. The van der Waals surface area contributed by atoms with Crippen molar-refractivity contribution in [2.45, 2.75) is 32.2 Å². The predicted molar refractivity (Wildman–Crippen MR) is 82.8 cm³/mol. The molecule has 112 valence electrons. The van der Waals surface area contributed by atoms with Gasteiger partial charge in [0, 0.05) is 50.4 Å². The van der Waals surface area contributed by atoms with Gasteiger partial charge in [-0.3, -0.25) is 4.79 Å². The molecule has 2 aromatic heterocycles. The first-order valence-corrected chi connectivity index (χ1v) is 7.74. The van der Waals surface area contributed by atoms with Gasteiger partial charge in [-0.05, 0) is 37.0 Å². The number of hydrogen-bond acceptors (Lipinski definition) is 3. The minimum atomic E-state index is 0.280. The van der Waals surface area contributed by atoms with Crippen LogP contribution < -0.4 is 5.32 Å². The number of pyridine rings is 1. The molecule has 0 bridgehead atoms. The van der Waals surface area contributed by atoms with E-state index in [1.165, 1.54) is 12.0 Å². The lowest BCUT2D eigenvalue weighted by Gasteiger charge is -2.26. The van der Waals surface area contributed by atoms with Gasteiger partial charge in [0.25, 0.3) is 0 Å². The van der Waals surface area contributed by atoms with E-state index < -0.39 is 0 Å². The van der Waals surface area contributed by atoms with E-state index in [2.05, 4.69) is 21.4 Å². The van der Waals surface area contributed by atoms with Crippen LogP contribution in [-0.4, -0.2) is 40.4 Å². The zero-order valence-corrected chi connectivity index (χ0v) is 12.3. The molecule has 0 unspecified atom stereocenters. The number of amides is 1. The van der Waals surface area contributed by atoms with Crippen molar-refractivity contribution in [2.24, 2.45) is 0 Å². The van der Waals surface area contributed by atoms with Crippen LogP contribution in [0.15, 0.2) is 24.5 Å². The highest BCUT2D eigenvalue weighted by molar-refractivity contribution is 5.79. The Bertz CT molecular complexity index is 601. The Morgan fingerprint density at radius 2 is 2.19 bits per heavy atom. The zero-order chi connectivity index (χ0) is 14.5. The van der Waals surface area contributed by atoms with Crippen LogP contribution in [0.4, 0.5) is 0 Å². The lowest BCUT2D eigenvalue weighted by Crippen LogP contribution is -2.37. The molecule has 1 aliphatic heterocycles. The maximum absolute atomic E-state index is 12.0. The minimum absolute atomic E-state index is 0.280. The van der Waals surface area contributed by atoms with Crippen LogP contribution in [0.5, 0.6) is 0 Å². The maximum Gasteiger partial charge on any atom is 0.223 e. The first kappa shape index (κ1) is 14.1. The highest BCUT2D eigenvalue weighted by Gasteiger charge is 2.15. The molecule has 21 heavy (non-hydrogen) atoms. The molecule has 0 aromatic carbocycles. The van der Waals surface area contributed by atoms with E-state index in [-0.39, 0.29) is 5.91 Å². The largest absolute Gasteiger partial charge is 0.346 e. The first-order valence-electron chi connectivity index (χ1n) is 7.74. The lowest BCUT2D eigenvalue weighted by atomic mass is 10.1. The molecule has 3 rings (SSSR count). The normalized spacial score (nSPS) is 15.5. The van der Waals surface area contributed by atoms with E-state index >= 15 is 0 Å². The van der Waals surface area contributed by atoms with Gasteiger partial charge in [-0.1, -0.05) is 0 Å². The summed E-state index contributed by atoms with van der Waals surface area (Å²) in [6, 6.07) is 4.01. The van der Waals surface area contributed by atoms with Crippen LogP contribution in [0.2, 0.25) is 0 Å². The maximum atomic E-state index is 12.0. The van der Waals surface area contributed by atoms with E-state index in [0.29, 0.717) is 6.42 Å². The van der Waals surface area contributed by atoms with Crippen LogP contribution >= 0.6 is 0 Å². The van der Waals surface area contributed by atoms with Crippen LogP contribution in [0, 0.1) is 0 Å². The Balaban J connectivity index is 1.44. The average Bonchev–Trinajstić information content (AvgIpc) is 2.95. The van der Waals surface area contributed by atoms with Gasteiger partial charge >= 0.3 is 0 Å². The van der Waals surface area contributed by atoms with Gasteiger partial charge in [-0.25, -0.2) is 4.98 Å². The summed E-state index contributed by atoms with van der Waals surface area (Å²) in [4.78, 5) is 21.5. The third kappa shape index (κ3) is 3.42. The predicted octanol–water partition coefficient (Wildman–Crippen LogP) is 2.06. The number of hydrogen-bond donors (Lipinski definition) is 2. The molecule has 0 saturated carbocycles. The number of aromatic nitrogens is 2. The van der Waals surface area contributed by atoms with Gasteiger partial charge in [0.05, 0.1) is 0 Å². The van der Waals surface area contributed by atoms with Crippen molar-refractivity contribution < 1.29 is 4.79 Å². The fourth-order valence-electron chi connectivity index (χ4n) is 2.88. The van der Waals surface area contributed by atoms with Gasteiger partial charge in [-0.2, -0.15) is 0 Å². The van der Waals surface area contributed by atoms with Crippen LogP contribution in [0.1, 0.15) is 31.2 Å². The van der Waals surface area contributed by atoms with E-state index in [4.69, 9.17) is 0 Å². The van der Waals surface area contributed by atoms with E-state index in [1.54, 1.807) is 6.20 Å². The summed E-state index contributed by atoms with van der Waals surface area (Å²) in [6.45, 7) is 3.36. The van der Waals surface area contributed by atoms with Crippen LogP contribution in [0.3, 0.4) is 0 Å².